The second kappa shape index (κ2) is 7.48. The highest BCUT2D eigenvalue weighted by atomic mass is 32.2. The molecule has 4 nitrogen and oxygen atoms in total. The molecule has 0 aliphatic heterocycles. The Bertz CT molecular complexity index is 386. The van der Waals surface area contributed by atoms with Crippen LogP contribution in [0.25, 0.3) is 0 Å². The van der Waals surface area contributed by atoms with Crippen molar-refractivity contribution < 1.29 is 4.74 Å². The number of ether oxygens (including phenoxy) is 1. The quantitative estimate of drug-likeness (QED) is 0.765. The van der Waals surface area contributed by atoms with Gasteiger partial charge in [0.15, 0.2) is 0 Å². The summed E-state index contributed by atoms with van der Waals surface area (Å²) in [5, 5.41) is 3.40. The van der Waals surface area contributed by atoms with E-state index in [2.05, 4.69) is 30.4 Å². The van der Waals surface area contributed by atoms with Crippen molar-refractivity contribution in [3.8, 4) is 5.88 Å². The highest BCUT2D eigenvalue weighted by Gasteiger charge is 2.24. The number of rotatable bonds is 8. The lowest BCUT2D eigenvalue weighted by molar-refractivity contribution is 0.329. The zero-order chi connectivity index (χ0) is 14.3. The molecule has 1 rings (SSSR count). The van der Waals surface area contributed by atoms with Gasteiger partial charge >= 0.3 is 0 Å². The smallest absolute Gasteiger partial charge is 0.239 e. The molecule has 1 aromatic heterocycles. The molecule has 19 heavy (non-hydrogen) atoms. The van der Waals surface area contributed by atoms with Crippen molar-refractivity contribution in [1.29, 1.82) is 0 Å². The van der Waals surface area contributed by atoms with E-state index in [0.717, 1.165) is 25.2 Å². The minimum absolute atomic E-state index is 0.259. The zero-order valence-corrected chi connectivity index (χ0v) is 13.1. The number of thioether (sulfide) groups is 1. The number of nitrogens with one attached hydrogen (secondary N) is 1. The molecule has 0 amide bonds. The number of pyridine rings is 1. The van der Waals surface area contributed by atoms with E-state index in [0.29, 0.717) is 18.2 Å². The maximum atomic E-state index is 5.82. The van der Waals surface area contributed by atoms with E-state index in [9.17, 15) is 0 Å². The van der Waals surface area contributed by atoms with Gasteiger partial charge in [0.25, 0.3) is 0 Å². The van der Waals surface area contributed by atoms with Gasteiger partial charge < -0.3 is 15.8 Å². The minimum atomic E-state index is 0.259. The molecule has 0 aromatic carbocycles. The van der Waals surface area contributed by atoms with Crippen molar-refractivity contribution in [3.05, 3.63) is 12.1 Å². The fraction of sp³-hybridized carbons (Fsp3) is 0.643. The Hall–Kier alpha value is -1.10. The molecule has 108 valence electrons. The standard InChI is InChI=1S/C14H25N3OS/c1-5-14(6-2,19-4)10-16-12-9-8-11(15)13(17-12)18-7-3/h8-9H,5-7,10,15H2,1-4H3,(H,16,17). The predicted molar refractivity (Wildman–Crippen MR) is 85.1 cm³/mol. The van der Waals surface area contributed by atoms with E-state index < -0.39 is 0 Å². The van der Waals surface area contributed by atoms with Gasteiger partial charge in [-0.15, -0.1) is 0 Å². The Balaban J connectivity index is 2.74. The Morgan fingerprint density at radius 1 is 1.32 bits per heavy atom. The summed E-state index contributed by atoms with van der Waals surface area (Å²) in [5.41, 5.74) is 6.39. The van der Waals surface area contributed by atoms with E-state index in [1.165, 1.54) is 0 Å². The van der Waals surface area contributed by atoms with E-state index in [4.69, 9.17) is 10.5 Å². The van der Waals surface area contributed by atoms with Gasteiger partial charge in [0.05, 0.1) is 12.3 Å². The molecular weight excluding hydrogens is 258 g/mol. The lowest BCUT2D eigenvalue weighted by Crippen LogP contribution is -2.32. The van der Waals surface area contributed by atoms with E-state index in [-0.39, 0.29) is 4.75 Å². The number of nitrogens with zero attached hydrogens (tertiary/aromatic N) is 1. The highest BCUT2D eigenvalue weighted by Crippen LogP contribution is 2.31. The molecule has 1 aromatic rings. The van der Waals surface area contributed by atoms with Crippen LogP contribution in [0.2, 0.25) is 0 Å². The molecule has 3 N–H and O–H groups in total. The Labute approximate surface area is 120 Å². The summed E-state index contributed by atoms with van der Waals surface area (Å²) in [6.45, 7) is 7.84. The summed E-state index contributed by atoms with van der Waals surface area (Å²) in [4.78, 5) is 4.40. The molecule has 1 heterocycles. The Kier molecular flexibility index (Phi) is 6.28. The van der Waals surface area contributed by atoms with Crippen LogP contribution in [0.4, 0.5) is 11.5 Å². The third-order valence-electron chi connectivity index (χ3n) is 3.48. The van der Waals surface area contributed by atoms with Gasteiger partial charge in [-0.05, 0) is 38.2 Å². The number of nitrogens with two attached hydrogens (primary N) is 1. The molecule has 0 bridgehead atoms. The monoisotopic (exact) mass is 283 g/mol. The van der Waals surface area contributed by atoms with Crippen LogP contribution in [0.15, 0.2) is 12.1 Å². The fourth-order valence-corrected chi connectivity index (χ4v) is 2.71. The van der Waals surface area contributed by atoms with Gasteiger partial charge in [-0.25, -0.2) is 0 Å². The Morgan fingerprint density at radius 3 is 2.53 bits per heavy atom. The van der Waals surface area contributed by atoms with Gasteiger partial charge in [-0.3, -0.25) is 0 Å². The van der Waals surface area contributed by atoms with Crippen LogP contribution < -0.4 is 15.8 Å². The van der Waals surface area contributed by atoms with Crippen LogP contribution in [-0.4, -0.2) is 29.1 Å². The maximum absolute atomic E-state index is 5.82. The molecular formula is C14H25N3OS. The first-order valence-electron chi connectivity index (χ1n) is 6.79. The van der Waals surface area contributed by atoms with Crippen LogP contribution >= 0.6 is 11.8 Å². The predicted octanol–water partition coefficient (Wildman–Crippen LogP) is 3.40. The number of hydrogen-bond acceptors (Lipinski definition) is 5. The lowest BCUT2D eigenvalue weighted by atomic mass is 10.0. The second-order valence-electron chi connectivity index (χ2n) is 4.47. The average Bonchev–Trinajstić information content (AvgIpc) is 2.44. The van der Waals surface area contributed by atoms with Crippen molar-refractivity contribution in [2.45, 2.75) is 38.4 Å². The fourth-order valence-electron chi connectivity index (χ4n) is 1.91. The van der Waals surface area contributed by atoms with E-state index >= 15 is 0 Å². The van der Waals surface area contributed by atoms with Crippen molar-refractivity contribution >= 4 is 23.3 Å². The molecule has 0 radical (unpaired) electrons. The summed E-state index contributed by atoms with van der Waals surface area (Å²) < 4.78 is 5.67. The summed E-state index contributed by atoms with van der Waals surface area (Å²) in [6.07, 6.45) is 4.42. The zero-order valence-electron chi connectivity index (χ0n) is 12.3. The third kappa shape index (κ3) is 4.20. The molecule has 0 spiro atoms. The highest BCUT2D eigenvalue weighted by molar-refractivity contribution is 8.00. The number of nitrogen functional groups attached to an aromatic ring is 1. The topological polar surface area (TPSA) is 60.2 Å². The summed E-state index contributed by atoms with van der Waals surface area (Å²) in [5.74, 6) is 1.33. The summed E-state index contributed by atoms with van der Waals surface area (Å²) in [7, 11) is 0. The number of anilines is 2. The molecule has 0 fully saturated rings. The van der Waals surface area contributed by atoms with Gasteiger partial charge in [0.1, 0.15) is 5.82 Å². The van der Waals surface area contributed by atoms with Crippen molar-refractivity contribution in [3.63, 3.8) is 0 Å². The van der Waals surface area contributed by atoms with Crippen LogP contribution in [0, 0.1) is 0 Å². The molecule has 5 heteroatoms. The van der Waals surface area contributed by atoms with Crippen molar-refractivity contribution in [1.82, 2.24) is 4.98 Å². The first-order chi connectivity index (χ1) is 9.10. The number of aromatic nitrogens is 1. The molecule has 0 aliphatic carbocycles. The SMILES string of the molecule is CCOc1nc(NCC(CC)(CC)SC)ccc1N. The normalized spacial score (nSPS) is 11.4. The van der Waals surface area contributed by atoms with Crippen LogP contribution in [0.1, 0.15) is 33.6 Å². The van der Waals surface area contributed by atoms with E-state index in [1.807, 2.05) is 30.8 Å². The van der Waals surface area contributed by atoms with Gasteiger partial charge in [-0.2, -0.15) is 16.7 Å². The second-order valence-corrected chi connectivity index (χ2v) is 5.75. The largest absolute Gasteiger partial charge is 0.476 e. The number of hydrogen-bond donors (Lipinski definition) is 2. The first kappa shape index (κ1) is 16.0. The van der Waals surface area contributed by atoms with Gasteiger partial charge in [0, 0.05) is 11.3 Å². The minimum Gasteiger partial charge on any atom is -0.476 e. The van der Waals surface area contributed by atoms with Gasteiger partial charge in [-0.1, -0.05) is 13.8 Å². The molecule has 0 unspecified atom stereocenters. The van der Waals surface area contributed by atoms with Gasteiger partial charge in [0.2, 0.25) is 5.88 Å². The molecule has 0 saturated carbocycles. The summed E-state index contributed by atoms with van der Waals surface area (Å²) in [6, 6.07) is 3.73. The first-order valence-corrected chi connectivity index (χ1v) is 8.01. The maximum Gasteiger partial charge on any atom is 0.239 e. The third-order valence-corrected chi connectivity index (χ3v) is 5.07. The van der Waals surface area contributed by atoms with Crippen molar-refractivity contribution in [2.24, 2.45) is 0 Å². The molecule has 0 atom stereocenters. The van der Waals surface area contributed by atoms with Crippen molar-refractivity contribution in [2.75, 3.05) is 30.5 Å². The van der Waals surface area contributed by atoms with Crippen LogP contribution in [0.3, 0.4) is 0 Å². The molecule has 0 aliphatic rings. The molecule has 0 saturated heterocycles. The van der Waals surface area contributed by atoms with Crippen LogP contribution in [0.5, 0.6) is 5.88 Å². The van der Waals surface area contributed by atoms with E-state index in [1.54, 1.807) is 0 Å². The summed E-state index contributed by atoms with van der Waals surface area (Å²) >= 11 is 1.91. The lowest BCUT2D eigenvalue weighted by Gasteiger charge is -2.30. The average molecular weight is 283 g/mol. The Morgan fingerprint density at radius 2 is 2.00 bits per heavy atom. The van der Waals surface area contributed by atoms with Crippen LogP contribution in [-0.2, 0) is 0 Å².